The van der Waals surface area contributed by atoms with Crippen molar-refractivity contribution in [3.8, 4) is 0 Å². The Morgan fingerprint density at radius 2 is 1.88 bits per heavy atom. The topological polar surface area (TPSA) is 58.6 Å². The summed E-state index contributed by atoms with van der Waals surface area (Å²) in [5, 5.41) is 0. The van der Waals surface area contributed by atoms with Gasteiger partial charge < -0.3 is 18.4 Å². The summed E-state index contributed by atoms with van der Waals surface area (Å²) in [5.74, 6) is 0.226. The van der Waals surface area contributed by atoms with E-state index >= 15 is 0 Å². The highest BCUT2D eigenvalue weighted by atomic mass is 31.2. The molecule has 6 heteroatoms. The second kappa shape index (κ2) is 6.72. The number of quaternary nitrogens is 1. The normalized spacial score (nSPS) is 18.1. The summed E-state index contributed by atoms with van der Waals surface area (Å²) in [6.45, 7) is 4.90. The largest absolute Gasteiger partial charge is 0.756 e. The number of hydrogen-bond acceptors (Lipinski definition) is 4. The van der Waals surface area contributed by atoms with Crippen LogP contribution in [-0.2, 0) is 13.6 Å². The van der Waals surface area contributed by atoms with Gasteiger partial charge in [-0.15, -0.1) is 0 Å². The van der Waals surface area contributed by atoms with E-state index in [0.717, 1.165) is 6.42 Å². The molecular weight excluding hydrogens is 229 g/mol. The van der Waals surface area contributed by atoms with Gasteiger partial charge in [0, 0.05) is 0 Å². The zero-order valence-electron chi connectivity index (χ0n) is 10.9. The maximum Gasteiger partial charge on any atom is 0.268 e. The van der Waals surface area contributed by atoms with Gasteiger partial charge in [-0.2, -0.15) is 0 Å². The van der Waals surface area contributed by atoms with Crippen LogP contribution >= 0.6 is 7.82 Å². The maximum atomic E-state index is 11.3. The van der Waals surface area contributed by atoms with Gasteiger partial charge in [-0.25, -0.2) is 0 Å². The van der Waals surface area contributed by atoms with Gasteiger partial charge in [0.1, 0.15) is 13.2 Å². The monoisotopic (exact) mass is 253 g/mol. The van der Waals surface area contributed by atoms with Crippen molar-refractivity contribution in [2.24, 2.45) is 5.92 Å². The molecule has 16 heavy (non-hydrogen) atoms. The van der Waals surface area contributed by atoms with Crippen molar-refractivity contribution in [3.05, 3.63) is 0 Å². The first-order chi connectivity index (χ1) is 7.16. The van der Waals surface area contributed by atoms with Crippen LogP contribution in [0.15, 0.2) is 0 Å². The quantitative estimate of drug-likeness (QED) is 0.482. The highest BCUT2D eigenvalue weighted by Gasteiger charge is 2.14. The second-order valence-corrected chi connectivity index (χ2v) is 6.51. The number of nitrogens with zero attached hydrogens (tertiary/aromatic N) is 1. The Labute approximate surface area is 98.6 Å². The minimum Gasteiger partial charge on any atom is -0.756 e. The van der Waals surface area contributed by atoms with E-state index in [1.54, 1.807) is 0 Å². The molecule has 0 aliphatic carbocycles. The van der Waals surface area contributed by atoms with Crippen LogP contribution < -0.4 is 4.89 Å². The predicted molar refractivity (Wildman–Crippen MR) is 61.9 cm³/mol. The molecule has 0 rings (SSSR count). The summed E-state index contributed by atoms with van der Waals surface area (Å²) in [7, 11) is 1.81. The zero-order chi connectivity index (χ0) is 12.8. The van der Waals surface area contributed by atoms with Crippen LogP contribution in [0.4, 0.5) is 0 Å². The van der Waals surface area contributed by atoms with Gasteiger partial charge in [0.15, 0.2) is 0 Å². The third kappa shape index (κ3) is 9.31. The number of hydrogen-bond donors (Lipinski definition) is 0. The molecule has 0 aliphatic heterocycles. The summed E-state index contributed by atoms with van der Waals surface area (Å²) in [5.41, 5.74) is 0. The summed E-state index contributed by atoms with van der Waals surface area (Å²) >= 11 is 0. The lowest BCUT2D eigenvalue weighted by Crippen LogP contribution is -2.37. The number of rotatable bonds is 8. The zero-order valence-corrected chi connectivity index (χ0v) is 11.8. The van der Waals surface area contributed by atoms with Crippen LogP contribution in [0.3, 0.4) is 0 Å². The molecule has 0 amide bonds. The highest BCUT2D eigenvalue weighted by Crippen LogP contribution is 2.38. The molecule has 98 valence electrons. The van der Waals surface area contributed by atoms with Crippen LogP contribution in [0.5, 0.6) is 0 Å². The molecule has 0 aromatic heterocycles. The molecule has 0 heterocycles. The molecule has 0 aromatic carbocycles. The van der Waals surface area contributed by atoms with Crippen LogP contribution in [0.2, 0.25) is 0 Å². The van der Waals surface area contributed by atoms with E-state index in [-0.39, 0.29) is 19.1 Å². The smallest absolute Gasteiger partial charge is 0.268 e. The third-order valence-electron chi connectivity index (χ3n) is 2.23. The predicted octanol–water partition coefficient (Wildman–Crippen LogP) is 1.24. The summed E-state index contributed by atoms with van der Waals surface area (Å²) < 4.78 is 21.5. The van der Waals surface area contributed by atoms with E-state index in [4.69, 9.17) is 9.05 Å². The van der Waals surface area contributed by atoms with Crippen LogP contribution in [0.25, 0.3) is 0 Å². The fourth-order valence-electron chi connectivity index (χ4n) is 0.800. The lowest BCUT2D eigenvalue weighted by molar-refractivity contribution is -0.870. The van der Waals surface area contributed by atoms with Gasteiger partial charge in [-0.3, -0.25) is 4.57 Å². The molecule has 0 fully saturated rings. The molecule has 0 aliphatic rings. The molecule has 0 bridgehead atoms. The standard InChI is InChI=1S/C10H24NO4P/c1-6-10(2)9-15-16(12,13)14-8-7-11(3,4)5/h10H,6-9H2,1-5H3. The SMILES string of the molecule is CCC(C)COP(=O)([O-])OCC[N+](C)(C)C. The van der Waals surface area contributed by atoms with Gasteiger partial charge in [0.05, 0.1) is 27.7 Å². The number of phosphoric ester groups is 1. The first kappa shape index (κ1) is 16.1. The lowest BCUT2D eigenvalue weighted by atomic mass is 10.1. The van der Waals surface area contributed by atoms with E-state index in [1.165, 1.54) is 0 Å². The van der Waals surface area contributed by atoms with Gasteiger partial charge in [-0.05, 0) is 5.92 Å². The van der Waals surface area contributed by atoms with E-state index in [9.17, 15) is 9.46 Å². The van der Waals surface area contributed by atoms with E-state index < -0.39 is 7.82 Å². The van der Waals surface area contributed by atoms with Crippen molar-refractivity contribution in [2.75, 3.05) is 40.9 Å². The average molecular weight is 253 g/mol. The molecule has 0 N–H and O–H groups in total. The van der Waals surface area contributed by atoms with E-state index in [0.29, 0.717) is 11.0 Å². The Balaban J connectivity index is 3.83. The summed E-state index contributed by atoms with van der Waals surface area (Å²) in [6, 6.07) is 0. The van der Waals surface area contributed by atoms with Crippen molar-refractivity contribution in [1.29, 1.82) is 0 Å². The molecule has 2 atom stereocenters. The van der Waals surface area contributed by atoms with Gasteiger partial charge >= 0.3 is 0 Å². The number of phosphoric acid groups is 1. The Morgan fingerprint density at radius 1 is 1.31 bits per heavy atom. The van der Waals surface area contributed by atoms with E-state index in [1.807, 2.05) is 35.0 Å². The molecular formula is C10H24NO4P. The molecule has 0 spiro atoms. The fraction of sp³-hybridized carbons (Fsp3) is 1.00. The average Bonchev–Trinajstić information content (AvgIpc) is 2.12. The summed E-state index contributed by atoms with van der Waals surface area (Å²) in [4.78, 5) is 11.3. The Morgan fingerprint density at radius 3 is 2.31 bits per heavy atom. The molecule has 2 unspecified atom stereocenters. The molecule has 0 aromatic rings. The lowest BCUT2D eigenvalue weighted by Gasteiger charge is -2.27. The van der Waals surface area contributed by atoms with Gasteiger partial charge in [-0.1, -0.05) is 20.3 Å². The highest BCUT2D eigenvalue weighted by molar-refractivity contribution is 7.45. The first-order valence-electron chi connectivity index (χ1n) is 5.57. The Kier molecular flexibility index (Phi) is 6.75. The van der Waals surface area contributed by atoms with Crippen LogP contribution in [-0.4, -0.2) is 45.4 Å². The van der Waals surface area contributed by atoms with Crippen molar-refractivity contribution in [2.45, 2.75) is 20.3 Å². The van der Waals surface area contributed by atoms with Crippen molar-refractivity contribution in [1.82, 2.24) is 0 Å². The van der Waals surface area contributed by atoms with Crippen molar-refractivity contribution in [3.63, 3.8) is 0 Å². The minimum atomic E-state index is -4.11. The van der Waals surface area contributed by atoms with Gasteiger partial charge in [0.2, 0.25) is 0 Å². The van der Waals surface area contributed by atoms with E-state index in [2.05, 4.69) is 0 Å². The summed E-state index contributed by atoms with van der Waals surface area (Å²) in [6.07, 6.45) is 0.888. The molecule has 0 radical (unpaired) electrons. The van der Waals surface area contributed by atoms with Crippen LogP contribution in [0, 0.1) is 5.92 Å². The van der Waals surface area contributed by atoms with Gasteiger partial charge in [0.25, 0.3) is 7.82 Å². The third-order valence-corrected chi connectivity index (χ3v) is 3.19. The Hall–Kier alpha value is 0.0700. The first-order valence-corrected chi connectivity index (χ1v) is 7.03. The van der Waals surface area contributed by atoms with Crippen LogP contribution in [0.1, 0.15) is 20.3 Å². The molecule has 0 saturated heterocycles. The van der Waals surface area contributed by atoms with Crippen molar-refractivity contribution < 1.29 is 23.0 Å². The second-order valence-electron chi connectivity index (χ2n) is 5.10. The van der Waals surface area contributed by atoms with Crippen molar-refractivity contribution >= 4 is 7.82 Å². The number of likely N-dealkylation sites (N-methyl/N-ethyl adjacent to an activating group) is 1. The minimum absolute atomic E-state index is 0.158. The fourth-order valence-corrected chi connectivity index (χ4v) is 1.62. The molecule has 0 saturated carbocycles. The molecule has 5 nitrogen and oxygen atoms in total. The maximum absolute atomic E-state index is 11.3. The Bertz CT molecular complexity index is 239.